The fourth-order valence-electron chi connectivity index (χ4n) is 2.30. The van der Waals surface area contributed by atoms with E-state index in [0.717, 1.165) is 5.75 Å². The van der Waals surface area contributed by atoms with Crippen LogP contribution in [-0.4, -0.2) is 24.6 Å². The molecule has 0 aliphatic carbocycles. The van der Waals surface area contributed by atoms with Crippen molar-refractivity contribution >= 4 is 5.91 Å². The number of aryl methyl sites for hydroxylation is 1. The van der Waals surface area contributed by atoms with Gasteiger partial charge in [-0.05, 0) is 43.5 Å². The maximum absolute atomic E-state index is 11.6. The molecule has 0 radical (unpaired) electrons. The van der Waals surface area contributed by atoms with E-state index >= 15 is 0 Å². The van der Waals surface area contributed by atoms with Crippen molar-refractivity contribution in [1.82, 2.24) is 5.32 Å². The van der Waals surface area contributed by atoms with E-state index < -0.39 is 5.54 Å². The first kappa shape index (κ1) is 17.5. The minimum absolute atomic E-state index is 0.346. The highest BCUT2D eigenvalue weighted by Gasteiger charge is 2.29. The number of rotatable bonds is 8. The van der Waals surface area contributed by atoms with Gasteiger partial charge in [0.2, 0.25) is 5.91 Å². The number of hydrogen-bond acceptors (Lipinski definition) is 3. The standard InChI is InChI=1S/C17H28N2O2/c1-6-19-17(5,16(18)20)9-10-21-15-11-13(4)7-8-14(15)12(2)3/h7-8,11-12,19H,6,9-10H2,1-5H3,(H2,18,20). The van der Waals surface area contributed by atoms with E-state index in [2.05, 4.69) is 31.3 Å². The van der Waals surface area contributed by atoms with Crippen molar-refractivity contribution in [3.63, 3.8) is 0 Å². The summed E-state index contributed by atoms with van der Waals surface area (Å²) in [6.07, 6.45) is 0.543. The molecule has 0 bridgehead atoms. The van der Waals surface area contributed by atoms with Crippen molar-refractivity contribution in [2.24, 2.45) is 5.73 Å². The van der Waals surface area contributed by atoms with Gasteiger partial charge in [-0.25, -0.2) is 0 Å². The van der Waals surface area contributed by atoms with Crippen molar-refractivity contribution in [3.05, 3.63) is 29.3 Å². The van der Waals surface area contributed by atoms with Crippen molar-refractivity contribution in [2.75, 3.05) is 13.2 Å². The third-order valence-corrected chi connectivity index (χ3v) is 3.76. The Morgan fingerprint density at radius 2 is 2.10 bits per heavy atom. The Morgan fingerprint density at radius 1 is 1.43 bits per heavy atom. The second-order valence-corrected chi connectivity index (χ2v) is 6.02. The summed E-state index contributed by atoms with van der Waals surface area (Å²) in [5.41, 5.74) is 7.11. The zero-order valence-electron chi connectivity index (χ0n) is 13.8. The average Bonchev–Trinajstić information content (AvgIpc) is 2.38. The summed E-state index contributed by atoms with van der Waals surface area (Å²) in [6.45, 7) is 11.3. The molecule has 0 saturated carbocycles. The Bertz CT molecular complexity index is 486. The van der Waals surface area contributed by atoms with Crippen LogP contribution in [0.3, 0.4) is 0 Å². The van der Waals surface area contributed by atoms with Gasteiger partial charge in [0.25, 0.3) is 0 Å². The number of amides is 1. The largest absolute Gasteiger partial charge is 0.493 e. The quantitative estimate of drug-likeness (QED) is 0.774. The summed E-state index contributed by atoms with van der Waals surface area (Å²) in [7, 11) is 0. The predicted octanol–water partition coefficient (Wildman–Crippen LogP) is 2.74. The first-order chi connectivity index (χ1) is 9.80. The second-order valence-electron chi connectivity index (χ2n) is 6.02. The third kappa shape index (κ3) is 4.74. The monoisotopic (exact) mass is 292 g/mol. The Labute approximate surface area is 128 Å². The molecule has 1 aromatic carbocycles. The van der Waals surface area contributed by atoms with Crippen molar-refractivity contribution < 1.29 is 9.53 Å². The molecule has 0 aliphatic rings. The molecule has 1 atom stereocenters. The van der Waals surface area contributed by atoms with Crippen molar-refractivity contribution in [3.8, 4) is 5.75 Å². The minimum atomic E-state index is -0.726. The summed E-state index contributed by atoms with van der Waals surface area (Å²) in [5, 5.41) is 3.14. The molecule has 3 N–H and O–H groups in total. The number of carbonyl (C=O) groups excluding carboxylic acids is 1. The summed E-state index contributed by atoms with van der Waals surface area (Å²) in [6, 6.07) is 6.24. The molecule has 0 spiro atoms. The van der Waals surface area contributed by atoms with E-state index in [4.69, 9.17) is 10.5 Å². The first-order valence-electron chi connectivity index (χ1n) is 7.58. The number of nitrogens with two attached hydrogens (primary N) is 1. The molecule has 0 saturated heterocycles. The normalized spacial score (nSPS) is 14.0. The molecule has 0 fully saturated rings. The summed E-state index contributed by atoms with van der Waals surface area (Å²) >= 11 is 0. The summed E-state index contributed by atoms with van der Waals surface area (Å²) in [4.78, 5) is 11.6. The fourth-order valence-corrected chi connectivity index (χ4v) is 2.30. The Morgan fingerprint density at radius 3 is 2.62 bits per heavy atom. The maximum Gasteiger partial charge on any atom is 0.237 e. The van der Waals surface area contributed by atoms with E-state index in [1.165, 1.54) is 11.1 Å². The van der Waals surface area contributed by atoms with Gasteiger partial charge >= 0.3 is 0 Å². The van der Waals surface area contributed by atoms with Crippen LogP contribution in [-0.2, 0) is 4.79 Å². The lowest BCUT2D eigenvalue weighted by molar-refractivity contribution is -0.124. The van der Waals surface area contributed by atoms with Gasteiger partial charge < -0.3 is 15.8 Å². The zero-order valence-corrected chi connectivity index (χ0v) is 13.8. The van der Waals surface area contributed by atoms with Crippen LogP contribution in [0.1, 0.15) is 51.2 Å². The number of hydrogen-bond donors (Lipinski definition) is 2. The van der Waals surface area contributed by atoms with Gasteiger partial charge in [-0.15, -0.1) is 0 Å². The summed E-state index contributed by atoms with van der Waals surface area (Å²) < 4.78 is 5.92. The van der Waals surface area contributed by atoms with Crippen LogP contribution < -0.4 is 15.8 Å². The number of nitrogens with one attached hydrogen (secondary N) is 1. The molecule has 4 heteroatoms. The van der Waals surface area contributed by atoms with Crippen molar-refractivity contribution in [1.29, 1.82) is 0 Å². The maximum atomic E-state index is 11.6. The van der Waals surface area contributed by atoms with Gasteiger partial charge in [0.05, 0.1) is 12.1 Å². The van der Waals surface area contributed by atoms with Gasteiger partial charge in [-0.3, -0.25) is 4.79 Å². The molecular weight excluding hydrogens is 264 g/mol. The fraction of sp³-hybridized carbons (Fsp3) is 0.588. The highest BCUT2D eigenvalue weighted by Crippen LogP contribution is 2.28. The predicted molar refractivity (Wildman–Crippen MR) is 86.7 cm³/mol. The molecule has 4 nitrogen and oxygen atoms in total. The molecule has 1 rings (SSSR count). The molecular formula is C17H28N2O2. The van der Waals surface area contributed by atoms with Gasteiger partial charge in [0, 0.05) is 6.42 Å². The highest BCUT2D eigenvalue weighted by atomic mass is 16.5. The molecule has 0 heterocycles. The minimum Gasteiger partial charge on any atom is -0.493 e. The molecule has 1 amide bonds. The van der Waals surface area contributed by atoms with Gasteiger partial charge in [0.1, 0.15) is 5.75 Å². The number of primary amides is 1. The molecule has 1 aromatic rings. The van der Waals surface area contributed by atoms with Crippen LogP contribution in [0.5, 0.6) is 5.75 Å². The Kier molecular flexibility index (Phi) is 6.21. The molecule has 21 heavy (non-hydrogen) atoms. The van der Waals surface area contributed by atoms with Crippen molar-refractivity contribution in [2.45, 2.75) is 52.5 Å². The number of benzene rings is 1. The number of ether oxygens (including phenoxy) is 1. The lowest BCUT2D eigenvalue weighted by atomic mass is 9.97. The van der Waals surface area contributed by atoms with E-state index in [9.17, 15) is 4.79 Å². The molecule has 0 aromatic heterocycles. The lowest BCUT2D eigenvalue weighted by Gasteiger charge is -2.27. The van der Waals surface area contributed by atoms with E-state index in [-0.39, 0.29) is 5.91 Å². The van der Waals surface area contributed by atoms with Crippen LogP contribution in [0.2, 0.25) is 0 Å². The zero-order chi connectivity index (χ0) is 16.0. The first-order valence-corrected chi connectivity index (χ1v) is 7.58. The van der Waals surface area contributed by atoms with E-state index in [0.29, 0.717) is 25.5 Å². The smallest absolute Gasteiger partial charge is 0.237 e. The van der Waals surface area contributed by atoms with Gasteiger partial charge in [0.15, 0.2) is 0 Å². The lowest BCUT2D eigenvalue weighted by Crippen LogP contribution is -2.53. The number of likely N-dealkylation sites (N-methyl/N-ethyl adjacent to an activating group) is 1. The third-order valence-electron chi connectivity index (χ3n) is 3.76. The topological polar surface area (TPSA) is 64.3 Å². The van der Waals surface area contributed by atoms with Crippen LogP contribution in [0, 0.1) is 6.92 Å². The Balaban J connectivity index is 2.75. The van der Waals surface area contributed by atoms with Gasteiger partial charge in [-0.2, -0.15) is 0 Å². The van der Waals surface area contributed by atoms with E-state index in [1.807, 2.05) is 26.8 Å². The van der Waals surface area contributed by atoms with E-state index in [1.54, 1.807) is 0 Å². The Hall–Kier alpha value is -1.55. The van der Waals surface area contributed by atoms with Crippen LogP contribution in [0.4, 0.5) is 0 Å². The average molecular weight is 292 g/mol. The summed E-state index contributed by atoms with van der Waals surface area (Å²) in [5.74, 6) is 0.950. The van der Waals surface area contributed by atoms with Crippen LogP contribution in [0.25, 0.3) is 0 Å². The molecule has 0 aliphatic heterocycles. The van der Waals surface area contributed by atoms with Crippen LogP contribution in [0.15, 0.2) is 18.2 Å². The molecule has 118 valence electrons. The highest BCUT2D eigenvalue weighted by molar-refractivity contribution is 5.84. The number of carbonyl (C=O) groups is 1. The van der Waals surface area contributed by atoms with Gasteiger partial charge in [-0.1, -0.05) is 32.9 Å². The second kappa shape index (κ2) is 7.46. The molecule has 1 unspecified atom stereocenters. The SMILES string of the molecule is CCNC(C)(CCOc1cc(C)ccc1C(C)C)C(N)=O. The van der Waals surface area contributed by atoms with Crippen LogP contribution >= 0.6 is 0 Å².